The summed E-state index contributed by atoms with van der Waals surface area (Å²) in [5.74, 6) is 0.661. The molecule has 0 aliphatic carbocycles. The van der Waals surface area contributed by atoms with E-state index in [1.165, 1.54) is 0 Å². The largest absolute Gasteiger partial charge is 0.316 e. The fourth-order valence-electron chi connectivity index (χ4n) is 1.77. The van der Waals surface area contributed by atoms with Gasteiger partial charge in [-0.25, -0.2) is 8.42 Å². The molecule has 0 spiro atoms. The van der Waals surface area contributed by atoms with E-state index in [2.05, 4.69) is 26.1 Å². The van der Waals surface area contributed by atoms with Gasteiger partial charge in [0.2, 0.25) is 0 Å². The highest BCUT2D eigenvalue weighted by atomic mass is 32.2. The minimum Gasteiger partial charge on any atom is -0.316 e. The van der Waals surface area contributed by atoms with E-state index in [0.29, 0.717) is 11.5 Å². The third-order valence-corrected chi connectivity index (χ3v) is 5.22. The van der Waals surface area contributed by atoms with E-state index in [4.69, 9.17) is 0 Å². The molecular weight excluding hydrogens is 234 g/mol. The Morgan fingerprint density at radius 1 is 1.06 bits per heavy atom. The van der Waals surface area contributed by atoms with E-state index < -0.39 is 9.84 Å². The molecule has 4 heteroatoms. The molecule has 0 radical (unpaired) electrons. The van der Waals surface area contributed by atoms with Crippen LogP contribution < -0.4 is 5.32 Å². The molecule has 0 amide bonds. The molecule has 0 aromatic rings. The molecule has 0 aliphatic rings. The number of sulfone groups is 1. The van der Waals surface area contributed by atoms with Crippen molar-refractivity contribution in [3.63, 3.8) is 0 Å². The van der Waals surface area contributed by atoms with Gasteiger partial charge in [0.25, 0.3) is 0 Å². The zero-order chi connectivity index (χ0) is 13.4. The molecule has 0 saturated heterocycles. The first kappa shape index (κ1) is 16.9. The quantitative estimate of drug-likeness (QED) is 0.616. The molecule has 0 aromatic heterocycles. The Hall–Kier alpha value is -0.0900. The molecule has 1 N–H and O–H groups in total. The van der Waals surface area contributed by atoms with Gasteiger partial charge in [-0.3, -0.25) is 0 Å². The molecule has 0 aliphatic heterocycles. The van der Waals surface area contributed by atoms with Crippen LogP contribution in [-0.4, -0.2) is 33.0 Å². The van der Waals surface area contributed by atoms with Crippen LogP contribution in [0.5, 0.6) is 0 Å². The van der Waals surface area contributed by atoms with E-state index in [0.717, 1.165) is 38.8 Å². The molecule has 3 nitrogen and oxygen atoms in total. The van der Waals surface area contributed by atoms with Crippen molar-refractivity contribution >= 4 is 9.84 Å². The molecule has 0 aromatic carbocycles. The lowest BCUT2D eigenvalue weighted by Crippen LogP contribution is -2.33. The van der Waals surface area contributed by atoms with Gasteiger partial charge >= 0.3 is 0 Å². The van der Waals surface area contributed by atoms with Gasteiger partial charge in [0.1, 0.15) is 9.84 Å². The molecule has 0 bridgehead atoms. The molecule has 1 unspecified atom stereocenters. The average Bonchev–Trinajstić information content (AvgIpc) is 2.27. The van der Waals surface area contributed by atoms with Crippen molar-refractivity contribution < 1.29 is 8.42 Å². The van der Waals surface area contributed by atoms with Gasteiger partial charge in [-0.05, 0) is 37.6 Å². The monoisotopic (exact) mass is 263 g/mol. The molecule has 0 rings (SSSR count). The van der Waals surface area contributed by atoms with E-state index in [1.807, 2.05) is 6.92 Å². The zero-order valence-corrected chi connectivity index (χ0v) is 12.7. The van der Waals surface area contributed by atoms with Gasteiger partial charge in [-0.2, -0.15) is 0 Å². The van der Waals surface area contributed by atoms with Crippen LogP contribution in [0, 0.1) is 5.41 Å². The third kappa shape index (κ3) is 7.77. The fraction of sp³-hybridized carbons (Fsp3) is 1.00. The molecule has 1 atom stereocenters. The summed E-state index contributed by atoms with van der Waals surface area (Å²) in [7, 11) is -2.83. The summed E-state index contributed by atoms with van der Waals surface area (Å²) in [6, 6.07) is 0. The summed E-state index contributed by atoms with van der Waals surface area (Å²) in [5.41, 5.74) is 0.107. The van der Waals surface area contributed by atoms with Crippen molar-refractivity contribution in [1.82, 2.24) is 5.32 Å². The molecule has 0 heterocycles. The van der Waals surface area contributed by atoms with Crippen LogP contribution in [0.25, 0.3) is 0 Å². The number of hydrogen-bond donors (Lipinski definition) is 1. The van der Waals surface area contributed by atoms with Crippen molar-refractivity contribution in [2.75, 3.05) is 24.6 Å². The van der Waals surface area contributed by atoms with Gasteiger partial charge in [-0.1, -0.05) is 27.7 Å². The van der Waals surface area contributed by atoms with E-state index in [1.54, 1.807) is 0 Å². The van der Waals surface area contributed by atoms with Gasteiger partial charge in [0.05, 0.1) is 5.75 Å². The highest BCUT2D eigenvalue weighted by Gasteiger charge is 2.24. The topological polar surface area (TPSA) is 46.2 Å². The number of rotatable bonds is 10. The molecule has 17 heavy (non-hydrogen) atoms. The normalized spacial score (nSPS) is 15.8. The van der Waals surface area contributed by atoms with Crippen LogP contribution in [0.15, 0.2) is 0 Å². The van der Waals surface area contributed by atoms with Crippen LogP contribution in [0.1, 0.15) is 53.4 Å². The summed E-state index contributed by atoms with van der Waals surface area (Å²) in [4.78, 5) is 0. The first-order valence-corrected chi connectivity index (χ1v) is 8.62. The van der Waals surface area contributed by atoms with Crippen molar-refractivity contribution in [1.29, 1.82) is 0 Å². The van der Waals surface area contributed by atoms with Gasteiger partial charge < -0.3 is 5.32 Å². The van der Waals surface area contributed by atoms with Crippen LogP contribution >= 0.6 is 0 Å². The Bertz CT molecular complexity index is 288. The molecular formula is C13H29NO2S. The van der Waals surface area contributed by atoms with Crippen LogP contribution in [0.3, 0.4) is 0 Å². The lowest BCUT2D eigenvalue weighted by Gasteiger charge is -2.28. The predicted octanol–water partition coefficient (Wildman–Crippen LogP) is 2.62. The number of hydrogen-bond acceptors (Lipinski definition) is 3. The summed E-state index contributed by atoms with van der Waals surface area (Å²) >= 11 is 0. The summed E-state index contributed by atoms with van der Waals surface area (Å²) in [6.45, 7) is 10.3. The van der Waals surface area contributed by atoms with Crippen molar-refractivity contribution in [2.45, 2.75) is 53.4 Å². The highest BCUT2D eigenvalue weighted by molar-refractivity contribution is 7.91. The average molecular weight is 263 g/mol. The predicted molar refractivity (Wildman–Crippen MR) is 75.1 cm³/mol. The minimum absolute atomic E-state index is 0.107. The maximum Gasteiger partial charge on any atom is 0.150 e. The number of nitrogens with one attached hydrogen (secondary N) is 1. The SMILES string of the molecule is CCCNCC(C)(CC)CCS(=O)(=O)CCC. The zero-order valence-electron chi connectivity index (χ0n) is 11.9. The second-order valence-electron chi connectivity index (χ2n) is 5.24. The molecule has 0 saturated carbocycles. The van der Waals surface area contributed by atoms with E-state index in [-0.39, 0.29) is 5.41 Å². The highest BCUT2D eigenvalue weighted by Crippen LogP contribution is 2.25. The van der Waals surface area contributed by atoms with E-state index >= 15 is 0 Å². The van der Waals surface area contributed by atoms with Crippen molar-refractivity contribution in [3.8, 4) is 0 Å². The van der Waals surface area contributed by atoms with Crippen LogP contribution in [-0.2, 0) is 9.84 Å². The first-order chi connectivity index (χ1) is 7.89. The second kappa shape index (κ2) is 8.09. The Morgan fingerprint density at radius 2 is 1.71 bits per heavy atom. The van der Waals surface area contributed by atoms with Gasteiger partial charge in [0.15, 0.2) is 0 Å². The van der Waals surface area contributed by atoms with Crippen molar-refractivity contribution in [3.05, 3.63) is 0 Å². The van der Waals surface area contributed by atoms with Gasteiger partial charge in [0, 0.05) is 12.3 Å². The Labute approximate surface area is 107 Å². The summed E-state index contributed by atoms with van der Waals surface area (Å²) in [5, 5.41) is 3.40. The Balaban J connectivity index is 4.19. The summed E-state index contributed by atoms with van der Waals surface area (Å²) in [6.07, 6.45) is 3.63. The van der Waals surface area contributed by atoms with Crippen LogP contribution in [0.2, 0.25) is 0 Å². The first-order valence-electron chi connectivity index (χ1n) is 6.80. The van der Waals surface area contributed by atoms with Gasteiger partial charge in [-0.15, -0.1) is 0 Å². The fourth-order valence-corrected chi connectivity index (χ4v) is 3.40. The standard InChI is InChI=1S/C13H29NO2S/c1-5-9-14-12-13(4,7-3)8-11-17(15,16)10-6-2/h14H,5-12H2,1-4H3. The molecule has 0 fully saturated rings. The summed E-state index contributed by atoms with van der Waals surface area (Å²) < 4.78 is 23.4. The van der Waals surface area contributed by atoms with Crippen LogP contribution in [0.4, 0.5) is 0 Å². The maximum absolute atomic E-state index is 11.7. The third-order valence-electron chi connectivity index (χ3n) is 3.36. The molecule has 104 valence electrons. The second-order valence-corrected chi connectivity index (χ2v) is 7.55. The smallest absolute Gasteiger partial charge is 0.150 e. The minimum atomic E-state index is -2.83. The lowest BCUT2D eigenvalue weighted by atomic mass is 9.84. The van der Waals surface area contributed by atoms with E-state index in [9.17, 15) is 8.42 Å². The maximum atomic E-state index is 11.7. The van der Waals surface area contributed by atoms with Crippen molar-refractivity contribution in [2.24, 2.45) is 5.41 Å². The Kier molecular flexibility index (Phi) is 8.05. The Morgan fingerprint density at radius 3 is 2.18 bits per heavy atom. The lowest BCUT2D eigenvalue weighted by molar-refractivity contribution is 0.283.